The smallest absolute Gasteiger partial charge is 0.261 e. The number of imide groups is 1. The summed E-state index contributed by atoms with van der Waals surface area (Å²) in [5.41, 5.74) is 0.787. The van der Waals surface area contributed by atoms with Gasteiger partial charge in [0, 0.05) is 33.1 Å². The van der Waals surface area contributed by atoms with Crippen molar-refractivity contribution in [3.63, 3.8) is 0 Å². The molecule has 2 aliphatic heterocycles. The van der Waals surface area contributed by atoms with E-state index in [1.54, 1.807) is 36.2 Å². The van der Waals surface area contributed by atoms with E-state index in [0.717, 1.165) is 0 Å². The van der Waals surface area contributed by atoms with Crippen molar-refractivity contribution in [2.24, 2.45) is 7.05 Å². The van der Waals surface area contributed by atoms with Crippen molar-refractivity contribution in [2.75, 3.05) is 19.6 Å². The van der Waals surface area contributed by atoms with E-state index in [-0.39, 0.29) is 35.8 Å². The topological polar surface area (TPSA) is 123 Å². The average Bonchev–Trinajstić information content (AvgIpc) is 3.31. The fourth-order valence-electron chi connectivity index (χ4n) is 4.08. The highest BCUT2D eigenvalue weighted by atomic mass is 32.2. The molecule has 1 saturated heterocycles. The van der Waals surface area contributed by atoms with Gasteiger partial charge in [-0.2, -0.15) is 0 Å². The largest absolute Gasteiger partial charge is 0.343 e. The summed E-state index contributed by atoms with van der Waals surface area (Å²) in [5.74, 6) is -0.767. The first-order chi connectivity index (χ1) is 14.8. The highest BCUT2D eigenvalue weighted by Crippen LogP contribution is 2.25. The van der Waals surface area contributed by atoms with Crippen LogP contribution in [0.2, 0.25) is 0 Å². The van der Waals surface area contributed by atoms with E-state index < -0.39 is 15.1 Å². The molecule has 1 aromatic heterocycles. The number of fused-ring (bicyclic) bond motifs is 1. The molecular formula is C20H23N5O5S. The Morgan fingerprint density at radius 2 is 1.71 bits per heavy atom. The Labute approximate surface area is 179 Å². The van der Waals surface area contributed by atoms with Crippen molar-refractivity contribution >= 4 is 27.6 Å². The Bertz CT molecular complexity index is 1100. The molecule has 0 saturated carbocycles. The monoisotopic (exact) mass is 445 g/mol. The Balaban J connectivity index is 1.27. The summed E-state index contributed by atoms with van der Waals surface area (Å²) in [4.78, 5) is 40.1. The molecule has 0 N–H and O–H groups in total. The van der Waals surface area contributed by atoms with Crippen LogP contribution < -0.4 is 0 Å². The molecule has 0 spiro atoms. The van der Waals surface area contributed by atoms with E-state index >= 15 is 0 Å². The average molecular weight is 446 g/mol. The van der Waals surface area contributed by atoms with E-state index in [2.05, 4.69) is 10.2 Å². The van der Waals surface area contributed by atoms with Crippen LogP contribution in [0.5, 0.6) is 0 Å². The lowest BCUT2D eigenvalue weighted by molar-refractivity contribution is -0.132. The molecule has 10 nitrogen and oxygen atoms in total. The van der Waals surface area contributed by atoms with E-state index in [9.17, 15) is 22.8 Å². The van der Waals surface area contributed by atoms with Crippen LogP contribution in [0.15, 0.2) is 35.7 Å². The molecule has 4 rings (SSSR count). The molecular weight excluding hydrogens is 422 g/mol. The Hall–Kier alpha value is -3.08. The number of carbonyl (C=O) groups is 3. The van der Waals surface area contributed by atoms with E-state index in [1.165, 1.54) is 15.8 Å². The van der Waals surface area contributed by atoms with Crippen molar-refractivity contribution in [3.8, 4) is 0 Å². The van der Waals surface area contributed by atoms with Crippen LogP contribution in [0.1, 0.15) is 46.4 Å². The molecule has 164 valence electrons. The number of carbonyl (C=O) groups excluding carboxylic acids is 3. The number of hydrogen-bond donors (Lipinski definition) is 0. The molecule has 3 amide bonds. The predicted octanol–water partition coefficient (Wildman–Crippen LogP) is 0.656. The molecule has 1 fully saturated rings. The maximum atomic E-state index is 12.7. The second kappa shape index (κ2) is 8.22. The maximum Gasteiger partial charge on any atom is 0.261 e. The summed E-state index contributed by atoms with van der Waals surface area (Å²) in [5, 5.41) is 6.68. The van der Waals surface area contributed by atoms with Crippen molar-refractivity contribution in [1.29, 1.82) is 0 Å². The number of amides is 3. The van der Waals surface area contributed by atoms with Gasteiger partial charge in [0.1, 0.15) is 6.33 Å². The Kier molecular flexibility index (Phi) is 5.61. The number of sulfone groups is 1. The normalized spacial score (nSPS) is 17.3. The number of rotatable bonds is 6. The first kappa shape index (κ1) is 21.2. The minimum atomic E-state index is -3.60. The Morgan fingerprint density at radius 3 is 2.26 bits per heavy atom. The van der Waals surface area contributed by atoms with Gasteiger partial charge >= 0.3 is 0 Å². The molecule has 2 aliphatic rings. The van der Waals surface area contributed by atoms with Gasteiger partial charge < -0.3 is 9.47 Å². The molecule has 0 unspecified atom stereocenters. The molecule has 3 heterocycles. The zero-order valence-electron chi connectivity index (χ0n) is 17.1. The molecule has 2 aromatic rings. The second-order valence-corrected chi connectivity index (χ2v) is 9.88. The second-order valence-electron chi connectivity index (χ2n) is 7.76. The van der Waals surface area contributed by atoms with Crippen LogP contribution in [0.3, 0.4) is 0 Å². The molecule has 0 aliphatic carbocycles. The number of piperidine rings is 1. The standard InChI is InChI=1S/C20H23N5O5S/c1-23-13-21-22-20(23)31(29,30)14-8-11-24(12-9-14)17(26)7-4-10-25-18(27)15-5-2-3-6-16(15)19(25)28/h2-3,5-6,13-14H,4,7-12H2,1H3. The number of benzene rings is 1. The summed E-state index contributed by atoms with van der Waals surface area (Å²) >= 11 is 0. The number of aromatic nitrogens is 3. The van der Waals surface area contributed by atoms with Crippen molar-refractivity contribution in [2.45, 2.75) is 36.1 Å². The Morgan fingerprint density at radius 1 is 1.10 bits per heavy atom. The summed E-state index contributed by atoms with van der Waals surface area (Å²) in [6.07, 6.45) is 2.56. The van der Waals surface area contributed by atoms with Gasteiger partial charge in [-0.1, -0.05) is 12.1 Å². The first-order valence-corrected chi connectivity index (χ1v) is 11.7. The molecule has 1 aromatic carbocycles. The number of aryl methyl sites for hydroxylation is 1. The highest BCUT2D eigenvalue weighted by Gasteiger charge is 2.36. The third kappa shape index (κ3) is 3.85. The molecule has 0 radical (unpaired) electrons. The van der Waals surface area contributed by atoms with Crippen LogP contribution in [-0.4, -0.2) is 75.6 Å². The maximum absolute atomic E-state index is 12.7. The van der Waals surface area contributed by atoms with Gasteiger partial charge in [0.25, 0.3) is 11.8 Å². The van der Waals surface area contributed by atoms with Crippen LogP contribution in [0.25, 0.3) is 0 Å². The lowest BCUT2D eigenvalue weighted by atomic mass is 10.1. The lowest BCUT2D eigenvalue weighted by Crippen LogP contribution is -2.43. The quantitative estimate of drug-likeness (QED) is 0.599. The zero-order chi connectivity index (χ0) is 22.2. The summed E-state index contributed by atoms with van der Waals surface area (Å²) in [6, 6.07) is 6.68. The van der Waals surface area contributed by atoms with Gasteiger partial charge in [-0.3, -0.25) is 19.3 Å². The van der Waals surface area contributed by atoms with Crippen LogP contribution in [-0.2, 0) is 21.7 Å². The molecule has 11 heteroatoms. The number of likely N-dealkylation sites (tertiary alicyclic amines) is 1. The SMILES string of the molecule is Cn1cnnc1S(=O)(=O)C1CCN(C(=O)CCCN2C(=O)c3ccccc3C2=O)CC1. The summed E-state index contributed by atoms with van der Waals surface area (Å²) in [6.45, 7) is 0.857. The van der Waals surface area contributed by atoms with E-state index in [0.29, 0.717) is 43.5 Å². The van der Waals surface area contributed by atoms with E-state index in [1.807, 2.05) is 0 Å². The minimum Gasteiger partial charge on any atom is -0.343 e. The van der Waals surface area contributed by atoms with Gasteiger partial charge in [-0.25, -0.2) is 8.42 Å². The summed E-state index contributed by atoms with van der Waals surface area (Å²) < 4.78 is 26.8. The zero-order valence-corrected chi connectivity index (χ0v) is 17.9. The molecule has 0 bridgehead atoms. The fraction of sp³-hybridized carbons (Fsp3) is 0.450. The van der Waals surface area contributed by atoms with Crippen molar-refractivity contribution < 1.29 is 22.8 Å². The van der Waals surface area contributed by atoms with Crippen LogP contribution >= 0.6 is 0 Å². The van der Waals surface area contributed by atoms with Gasteiger partial charge in [0.2, 0.25) is 20.9 Å². The van der Waals surface area contributed by atoms with Crippen molar-refractivity contribution in [1.82, 2.24) is 24.6 Å². The van der Waals surface area contributed by atoms with Crippen LogP contribution in [0.4, 0.5) is 0 Å². The molecule has 31 heavy (non-hydrogen) atoms. The third-order valence-corrected chi connectivity index (χ3v) is 8.04. The summed E-state index contributed by atoms with van der Waals surface area (Å²) in [7, 11) is -2.01. The molecule has 0 atom stereocenters. The fourth-order valence-corrected chi connectivity index (χ4v) is 5.82. The minimum absolute atomic E-state index is 0.0572. The van der Waals surface area contributed by atoms with E-state index in [4.69, 9.17) is 0 Å². The van der Waals surface area contributed by atoms with Crippen LogP contribution in [0, 0.1) is 0 Å². The number of nitrogens with zero attached hydrogens (tertiary/aromatic N) is 5. The van der Waals surface area contributed by atoms with Gasteiger partial charge in [-0.05, 0) is 31.4 Å². The van der Waals surface area contributed by atoms with Gasteiger partial charge in [0.15, 0.2) is 0 Å². The van der Waals surface area contributed by atoms with Gasteiger partial charge in [-0.15, -0.1) is 10.2 Å². The third-order valence-electron chi connectivity index (χ3n) is 5.81. The van der Waals surface area contributed by atoms with Gasteiger partial charge in [0.05, 0.1) is 16.4 Å². The highest BCUT2D eigenvalue weighted by molar-refractivity contribution is 7.91. The predicted molar refractivity (Wildman–Crippen MR) is 109 cm³/mol. The number of hydrogen-bond acceptors (Lipinski definition) is 7. The first-order valence-electron chi connectivity index (χ1n) is 10.1. The lowest BCUT2D eigenvalue weighted by Gasteiger charge is -2.31. The van der Waals surface area contributed by atoms with Crippen molar-refractivity contribution in [3.05, 3.63) is 41.7 Å².